The van der Waals surface area contributed by atoms with Crippen LogP contribution < -0.4 is 4.74 Å². The third-order valence-electron chi connectivity index (χ3n) is 3.70. The largest absolute Gasteiger partial charge is 0.486 e. The summed E-state index contributed by atoms with van der Waals surface area (Å²) >= 11 is 5.84. The molecule has 0 atom stereocenters. The average Bonchev–Trinajstić information content (AvgIpc) is 3.11. The number of alkyl halides is 2. The Morgan fingerprint density at radius 1 is 1.22 bits per heavy atom. The SMILES string of the molecule is CC(F)(F)c1ccc(F)c(Cl)c1COc1cnc(-n2cnc(CO)c2)nc1. The van der Waals surface area contributed by atoms with Crippen LogP contribution in [-0.4, -0.2) is 24.6 Å². The van der Waals surface area contributed by atoms with Crippen molar-refractivity contribution >= 4 is 11.6 Å². The lowest BCUT2D eigenvalue weighted by molar-refractivity contribution is 0.0155. The highest BCUT2D eigenvalue weighted by molar-refractivity contribution is 6.31. The summed E-state index contributed by atoms with van der Waals surface area (Å²) in [5, 5.41) is 8.60. The number of imidazole rings is 1. The van der Waals surface area contributed by atoms with Crippen molar-refractivity contribution in [2.45, 2.75) is 26.1 Å². The van der Waals surface area contributed by atoms with Crippen LogP contribution in [0.4, 0.5) is 13.2 Å². The van der Waals surface area contributed by atoms with E-state index in [0.29, 0.717) is 12.6 Å². The maximum absolute atomic E-state index is 13.7. The normalized spacial score (nSPS) is 11.6. The third-order valence-corrected chi connectivity index (χ3v) is 4.10. The van der Waals surface area contributed by atoms with Gasteiger partial charge >= 0.3 is 0 Å². The number of aromatic nitrogens is 4. The Morgan fingerprint density at radius 3 is 2.52 bits per heavy atom. The van der Waals surface area contributed by atoms with Crippen molar-refractivity contribution in [3.63, 3.8) is 0 Å². The second kappa shape index (κ2) is 7.53. The van der Waals surface area contributed by atoms with Crippen LogP contribution in [0.15, 0.2) is 37.1 Å². The molecule has 0 saturated carbocycles. The van der Waals surface area contributed by atoms with E-state index in [4.69, 9.17) is 21.4 Å². The first-order chi connectivity index (χ1) is 12.8. The molecule has 0 fully saturated rings. The van der Waals surface area contributed by atoms with Crippen LogP contribution in [-0.2, 0) is 19.1 Å². The van der Waals surface area contributed by atoms with E-state index in [1.807, 2.05) is 0 Å². The molecule has 0 saturated heterocycles. The summed E-state index contributed by atoms with van der Waals surface area (Å²) in [4.78, 5) is 12.1. The minimum Gasteiger partial charge on any atom is -0.486 e. The van der Waals surface area contributed by atoms with Gasteiger partial charge in [0, 0.05) is 24.2 Å². The summed E-state index contributed by atoms with van der Waals surface area (Å²) in [6.45, 7) is 0.106. The van der Waals surface area contributed by atoms with Gasteiger partial charge in [-0.1, -0.05) is 11.6 Å². The van der Waals surface area contributed by atoms with Gasteiger partial charge in [0.2, 0.25) is 5.95 Å². The van der Waals surface area contributed by atoms with Gasteiger partial charge in [-0.15, -0.1) is 0 Å². The zero-order valence-corrected chi connectivity index (χ0v) is 14.8. The Labute approximate surface area is 157 Å². The number of ether oxygens (including phenoxy) is 1. The van der Waals surface area contributed by atoms with Crippen molar-refractivity contribution in [2.75, 3.05) is 0 Å². The van der Waals surface area contributed by atoms with Crippen LogP contribution in [0.2, 0.25) is 5.02 Å². The summed E-state index contributed by atoms with van der Waals surface area (Å²) < 4.78 is 48.0. The van der Waals surface area contributed by atoms with Crippen molar-refractivity contribution in [2.24, 2.45) is 0 Å². The van der Waals surface area contributed by atoms with Crippen LogP contribution in [0.1, 0.15) is 23.7 Å². The minimum absolute atomic E-state index is 0.143. The fourth-order valence-electron chi connectivity index (χ4n) is 2.37. The minimum atomic E-state index is -3.21. The fraction of sp³-hybridized carbons (Fsp3) is 0.235. The zero-order valence-electron chi connectivity index (χ0n) is 14.0. The molecule has 0 aliphatic rings. The number of benzene rings is 1. The summed E-state index contributed by atoms with van der Waals surface area (Å²) in [6.07, 6.45) is 5.65. The Bertz CT molecular complexity index is 942. The number of nitrogens with zero attached hydrogens (tertiary/aromatic N) is 4. The molecule has 3 rings (SSSR count). The molecule has 0 aliphatic heterocycles. The molecule has 0 spiro atoms. The van der Waals surface area contributed by atoms with E-state index in [2.05, 4.69) is 15.0 Å². The van der Waals surface area contributed by atoms with Crippen molar-refractivity contribution < 1.29 is 23.0 Å². The van der Waals surface area contributed by atoms with Crippen LogP contribution in [0.5, 0.6) is 5.75 Å². The average molecular weight is 399 g/mol. The highest BCUT2D eigenvalue weighted by Gasteiger charge is 2.30. The van der Waals surface area contributed by atoms with E-state index in [9.17, 15) is 13.2 Å². The lowest BCUT2D eigenvalue weighted by Gasteiger charge is -2.18. The van der Waals surface area contributed by atoms with Gasteiger partial charge in [0.05, 0.1) is 29.7 Å². The molecule has 27 heavy (non-hydrogen) atoms. The van der Waals surface area contributed by atoms with Gasteiger partial charge in [0.25, 0.3) is 5.92 Å². The Kier molecular flexibility index (Phi) is 5.33. The molecular weight excluding hydrogens is 385 g/mol. The standard InChI is InChI=1S/C17H14ClF3N4O2/c1-17(20,21)13-2-3-14(19)15(18)12(13)8-27-11-4-22-16(23-5-11)25-6-10(7-26)24-9-25/h2-6,9,26H,7-8H2,1H3. The van der Waals surface area contributed by atoms with Gasteiger partial charge in [-0.3, -0.25) is 4.57 Å². The topological polar surface area (TPSA) is 73.1 Å². The number of rotatable bonds is 6. The van der Waals surface area contributed by atoms with E-state index in [-0.39, 0.29) is 30.5 Å². The molecule has 142 valence electrons. The first-order valence-electron chi connectivity index (χ1n) is 7.73. The molecule has 0 aliphatic carbocycles. The van der Waals surface area contributed by atoms with E-state index in [1.54, 1.807) is 6.20 Å². The first kappa shape index (κ1) is 19.1. The van der Waals surface area contributed by atoms with Gasteiger partial charge < -0.3 is 9.84 Å². The predicted octanol–water partition coefficient (Wildman–Crippen LogP) is 3.64. The predicted molar refractivity (Wildman–Crippen MR) is 90.4 cm³/mol. The van der Waals surface area contributed by atoms with E-state index < -0.39 is 22.3 Å². The summed E-state index contributed by atoms with van der Waals surface area (Å²) in [7, 11) is 0. The summed E-state index contributed by atoms with van der Waals surface area (Å²) in [5.74, 6) is -3.55. The van der Waals surface area contributed by atoms with Crippen LogP contribution in [0, 0.1) is 5.82 Å². The molecule has 0 bridgehead atoms. The van der Waals surface area contributed by atoms with E-state index in [1.165, 1.54) is 23.3 Å². The summed E-state index contributed by atoms with van der Waals surface area (Å²) in [6, 6.07) is 1.87. The summed E-state index contributed by atoms with van der Waals surface area (Å²) in [5.41, 5.74) is -0.107. The molecule has 2 aromatic heterocycles. The highest BCUT2D eigenvalue weighted by atomic mass is 35.5. The van der Waals surface area contributed by atoms with E-state index >= 15 is 0 Å². The van der Waals surface area contributed by atoms with Gasteiger partial charge in [-0.05, 0) is 12.1 Å². The van der Waals surface area contributed by atoms with Gasteiger partial charge in [-0.25, -0.2) is 28.1 Å². The lowest BCUT2D eigenvalue weighted by Crippen LogP contribution is -2.13. The number of halogens is 4. The van der Waals surface area contributed by atoms with Gasteiger partial charge in [0.1, 0.15) is 18.8 Å². The third kappa shape index (κ3) is 4.20. The molecule has 0 radical (unpaired) electrons. The highest BCUT2D eigenvalue weighted by Crippen LogP contribution is 2.35. The number of aliphatic hydroxyl groups excluding tert-OH is 1. The van der Waals surface area contributed by atoms with Crippen molar-refractivity contribution in [3.8, 4) is 11.7 Å². The van der Waals surface area contributed by atoms with E-state index in [0.717, 1.165) is 12.1 Å². The molecule has 10 heteroatoms. The Hall–Kier alpha value is -2.65. The molecular formula is C17H14ClF3N4O2. The smallest absolute Gasteiger partial charge is 0.270 e. The van der Waals surface area contributed by atoms with Gasteiger partial charge in [-0.2, -0.15) is 0 Å². The molecule has 6 nitrogen and oxygen atoms in total. The Morgan fingerprint density at radius 2 is 1.93 bits per heavy atom. The van der Waals surface area contributed by atoms with Crippen LogP contribution in [0.25, 0.3) is 5.95 Å². The zero-order chi connectivity index (χ0) is 19.6. The monoisotopic (exact) mass is 398 g/mol. The van der Waals surface area contributed by atoms with Crippen molar-refractivity contribution in [1.82, 2.24) is 19.5 Å². The molecule has 2 heterocycles. The molecule has 0 amide bonds. The molecule has 3 aromatic rings. The van der Waals surface area contributed by atoms with Crippen LogP contribution in [0.3, 0.4) is 0 Å². The number of hydrogen-bond donors (Lipinski definition) is 1. The lowest BCUT2D eigenvalue weighted by atomic mass is 10.0. The quantitative estimate of drug-likeness (QED) is 0.686. The number of aliphatic hydroxyl groups is 1. The Balaban J connectivity index is 1.78. The molecule has 0 unspecified atom stereocenters. The second-order valence-corrected chi connectivity index (χ2v) is 6.09. The second-order valence-electron chi connectivity index (χ2n) is 5.71. The maximum atomic E-state index is 13.7. The van der Waals surface area contributed by atoms with Gasteiger partial charge in [0.15, 0.2) is 5.75 Å². The molecule has 1 aromatic carbocycles. The molecule has 1 N–H and O–H groups in total. The first-order valence-corrected chi connectivity index (χ1v) is 8.11. The maximum Gasteiger partial charge on any atom is 0.270 e. The fourth-order valence-corrected chi connectivity index (χ4v) is 2.59. The number of hydrogen-bond acceptors (Lipinski definition) is 5. The van der Waals surface area contributed by atoms with Crippen LogP contribution >= 0.6 is 11.6 Å². The van der Waals surface area contributed by atoms with Crippen molar-refractivity contribution in [1.29, 1.82) is 0 Å². The van der Waals surface area contributed by atoms with Crippen molar-refractivity contribution in [3.05, 3.63) is 64.7 Å².